The number of ether oxygens (including phenoxy) is 2. The average Bonchev–Trinajstić information content (AvgIpc) is 3.27. The summed E-state index contributed by atoms with van der Waals surface area (Å²) in [4.78, 5) is 14.7. The van der Waals surface area contributed by atoms with Gasteiger partial charge in [0.25, 0.3) is 0 Å². The molecule has 1 atom stereocenters. The Morgan fingerprint density at radius 3 is 2.63 bits per heavy atom. The summed E-state index contributed by atoms with van der Waals surface area (Å²) >= 11 is 0. The maximum Gasteiger partial charge on any atom is 0.243 e. The van der Waals surface area contributed by atoms with Crippen molar-refractivity contribution in [2.24, 2.45) is 0 Å². The van der Waals surface area contributed by atoms with E-state index in [1.54, 1.807) is 29.2 Å². The highest BCUT2D eigenvalue weighted by molar-refractivity contribution is 7.89. The van der Waals surface area contributed by atoms with Gasteiger partial charge in [-0.2, -0.15) is 4.31 Å². The Kier molecular flexibility index (Phi) is 7.52. The Morgan fingerprint density at radius 1 is 1.23 bits per heavy atom. The first-order valence-corrected chi connectivity index (χ1v) is 11.5. The number of hydrogen-bond acceptors (Lipinski definition) is 6. The molecule has 1 aliphatic heterocycles. The Hall–Kier alpha value is -2.36. The van der Waals surface area contributed by atoms with Crippen LogP contribution in [0.2, 0.25) is 0 Å². The molecule has 1 aliphatic rings. The Morgan fingerprint density at radius 2 is 2.00 bits per heavy atom. The van der Waals surface area contributed by atoms with Crippen molar-refractivity contribution >= 4 is 15.9 Å². The zero-order valence-electron chi connectivity index (χ0n) is 17.3. The van der Waals surface area contributed by atoms with Crippen LogP contribution < -0.4 is 4.74 Å². The van der Waals surface area contributed by atoms with Crippen LogP contribution in [-0.2, 0) is 26.1 Å². The van der Waals surface area contributed by atoms with Gasteiger partial charge >= 0.3 is 0 Å². The summed E-state index contributed by atoms with van der Waals surface area (Å²) in [5.41, 5.74) is 0. The van der Waals surface area contributed by atoms with Gasteiger partial charge in [0.2, 0.25) is 15.9 Å². The van der Waals surface area contributed by atoms with Crippen molar-refractivity contribution in [3.63, 3.8) is 0 Å². The first kappa shape index (κ1) is 22.3. The molecule has 0 spiro atoms. The second-order valence-corrected chi connectivity index (χ2v) is 8.94. The lowest BCUT2D eigenvalue weighted by Gasteiger charge is -2.33. The largest absolute Gasteiger partial charge is 0.494 e. The molecular formula is C21H28N2O6S. The molecule has 1 saturated heterocycles. The van der Waals surface area contributed by atoms with Crippen LogP contribution in [-0.4, -0.2) is 62.5 Å². The quantitative estimate of drug-likeness (QED) is 0.600. The minimum absolute atomic E-state index is 0.0241. The van der Waals surface area contributed by atoms with Gasteiger partial charge in [0.05, 0.1) is 43.6 Å². The van der Waals surface area contributed by atoms with E-state index < -0.39 is 10.0 Å². The maximum absolute atomic E-state index is 13.3. The molecule has 0 saturated carbocycles. The minimum atomic E-state index is -3.92. The minimum Gasteiger partial charge on any atom is -0.494 e. The van der Waals surface area contributed by atoms with E-state index in [1.165, 1.54) is 18.4 Å². The molecule has 1 amide bonds. The highest BCUT2D eigenvalue weighted by Crippen LogP contribution is 2.22. The number of amides is 1. The molecule has 164 valence electrons. The fourth-order valence-electron chi connectivity index (χ4n) is 3.27. The van der Waals surface area contributed by atoms with Crippen LogP contribution in [0.25, 0.3) is 0 Å². The smallest absolute Gasteiger partial charge is 0.243 e. The van der Waals surface area contributed by atoms with E-state index in [4.69, 9.17) is 13.9 Å². The predicted molar refractivity (Wildman–Crippen MR) is 111 cm³/mol. The summed E-state index contributed by atoms with van der Waals surface area (Å²) in [5.74, 6) is 0.799. The SMILES string of the molecule is CCOc1ccc(S(=O)(=O)N(CC(=O)N2CCOC(CC)C2)Cc2ccco2)cc1. The lowest BCUT2D eigenvalue weighted by molar-refractivity contribution is -0.139. The van der Waals surface area contributed by atoms with E-state index in [-0.39, 0.29) is 30.0 Å². The molecule has 2 heterocycles. The summed E-state index contributed by atoms with van der Waals surface area (Å²) in [7, 11) is -3.92. The molecule has 1 aromatic carbocycles. The fourth-order valence-corrected chi connectivity index (χ4v) is 4.63. The lowest BCUT2D eigenvalue weighted by Crippen LogP contribution is -2.49. The van der Waals surface area contributed by atoms with Crippen LogP contribution in [0.3, 0.4) is 0 Å². The van der Waals surface area contributed by atoms with Crippen LogP contribution in [0, 0.1) is 0 Å². The number of carbonyl (C=O) groups is 1. The van der Waals surface area contributed by atoms with Crippen LogP contribution in [0.15, 0.2) is 52.0 Å². The first-order chi connectivity index (χ1) is 14.4. The predicted octanol–water partition coefficient (Wildman–Crippen LogP) is 2.51. The van der Waals surface area contributed by atoms with Crippen LogP contribution >= 0.6 is 0 Å². The monoisotopic (exact) mass is 436 g/mol. The van der Waals surface area contributed by atoms with Crippen molar-refractivity contribution < 1.29 is 27.1 Å². The lowest BCUT2D eigenvalue weighted by atomic mass is 10.2. The molecule has 2 aromatic rings. The van der Waals surface area contributed by atoms with Crippen molar-refractivity contribution in [3.05, 3.63) is 48.4 Å². The van der Waals surface area contributed by atoms with Crippen molar-refractivity contribution in [1.82, 2.24) is 9.21 Å². The Bertz CT molecular complexity index is 911. The van der Waals surface area contributed by atoms with Gasteiger partial charge in [0, 0.05) is 13.1 Å². The number of rotatable bonds is 9. The fraction of sp³-hybridized carbons (Fsp3) is 0.476. The third kappa shape index (κ3) is 5.41. The highest BCUT2D eigenvalue weighted by atomic mass is 32.2. The van der Waals surface area contributed by atoms with Crippen molar-refractivity contribution in [3.8, 4) is 5.75 Å². The zero-order chi connectivity index (χ0) is 21.6. The second-order valence-electron chi connectivity index (χ2n) is 7.00. The molecule has 1 fully saturated rings. The first-order valence-electron chi connectivity index (χ1n) is 10.1. The molecule has 3 rings (SSSR count). The Labute approximate surface area is 177 Å². The number of carbonyl (C=O) groups excluding carboxylic acids is 1. The van der Waals surface area contributed by atoms with Crippen LogP contribution in [0.5, 0.6) is 5.75 Å². The second kappa shape index (κ2) is 10.1. The number of morpholine rings is 1. The van der Waals surface area contributed by atoms with Gasteiger partial charge in [0.15, 0.2) is 0 Å². The molecule has 1 aromatic heterocycles. The standard InChI is InChI=1S/C21H28N2O6S/c1-3-17-14-22(11-13-29-17)21(24)16-23(15-19-6-5-12-28-19)30(25,26)20-9-7-18(8-10-20)27-4-2/h5-10,12,17H,3-4,11,13-16H2,1-2H3. The molecule has 8 nitrogen and oxygen atoms in total. The average molecular weight is 437 g/mol. The summed E-state index contributed by atoms with van der Waals surface area (Å²) in [6.07, 6.45) is 2.25. The van der Waals surface area contributed by atoms with Gasteiger partial charge in [-0.15, -0.1) is 0 Å². The molecule has 9 heteroatoms. The molecular weight excluding hydrogens is 408 g/mol. The summed E-state index contributed by atoms with van der Waals surface area (Å²) in [5, 5.41) is 0. The van der Waals surface area contributed by atoms with Crippen molar-refractivity contribution in [2.45, 2.75) is 37.8 Å². The molecule has 1 unspecified atom stereocenters. The van der Waals surface area contributed by atoms with E-state index in [0.717, 1.165) is 10.7 Å². The third-order valence-electron chi connectivity index (χ3n) is 4.94. The van der Waals surface area contributed by atoms with Gasteiger partial charge in [0.1, 0.15) is 11.5 Å². The summed E-state index contributed by atoms with van der Waals surface area (Å²) in [6, 6.07) is 9.57. The van der Waals surface area contributed by atoms with E-state index in [0.29, 0.717) is 37.8 Å². The molecule has 0 N–H and O–H groups in total. The van der Waals surface area contributed by atoms with Crippen molar-refractivity contribution in [2.75, 3.05) is 32.8 Å². The third-order valence-corrected chi connectivity index (χ3v) is 6.75. The molecule has 0 bridgehead atoms. The molecule has 0 aliphatic carbocycles. The Balaban J connectivity index is 1.81. The number of hydrogen-bond donors (Lipinski definition) is 0. The van der Waals surface area contributed by atoms with Gasteiger partial charge in [-0.3, -0.25) is 4.79 Å². The number of sulfonamides is 1. The van der Waals surface area contributed by atoms with Crippen LogP contribution in [0.4, 0.5) is 0 Å². The van der Waals surface area contributed by atoms with Gasteiger partial charge < -0.3 is 18.8 Å². The van der Waals surface area contributed by atoms with Gasteiger partial charge in [-0.25, -0.2) is 8.42 Å². The summed E-state index contributed by atoms with van der Waals surface area (Å²) < 4.78 is 44.1. The van der Waals surface area contributed by atoms with E-state index in [2.05, 4.69) is 0 Å². The number of furan rings is 1. The highest BCUT2D eigenvalue weighted by Gasteiger charge is 2.31. The normalized spacial score (nSPS) is 17.3. The zero-order valence-corrected chi connectivity index (χ0v) is 18.1. The van der Waals surface area contributed by atoms with E-state index in [9.17, 15) is 13.2 Å². The van der Waals surface area contributed by atoms with Gasteiger partial charge in [-0.1, -0.05) is 6.92 Å². The maximum atomic E-state index is 13.3. The number of nitrogens with zero attached hydrogens (tertiary/aromatic N) is 2. The molecule has 0 radical (unpaired) electrons. The number of benzene rings is 1. The van der Waals surface area contributed by atoms with Crippen molar-refractivity contribution in [1.29, 1.82) is 0 Å². The van der Waals surface area contributed by atoms with E-state index in [1.807, 2.05) is 13.8 Å². The summed E-state index contributed by atoms with van der Waals surface area (Å²) in [6.45, 7) is 5.41. The van der Waals surface area contributed by atoms with Crippen LogP contribution in [0.1, 0.15) is 26.0 Å². The van der Waals surface area contributed by atoms with E-state index >= 15 is 0 Å². The topological polar surface area (TPSA) is 89.3 Å². The van der Waals surface area contributed by atoms with Gasteiger partial charge in [-0.05, 0) is 49.7 Å². The molecule has 30 heavy (non-hydrogen) atoms.